The maximum atomic E-state index is 7.03. The van der Waals surface area contributed by atoms with Crippen LogP contribution in [0, 0.1) is 0 Å². The molecule has 0 saturated carbocycles. The maximum absolute atomic E-state index is 7.03. The Morgan fingerprint density at radius 2 is 1.03 bits per heavy atom. The highest BCUT2D eigenvalue weighted by molar-refractivity contribution is 6.34. The molecular formula is C31H20ClN. The van der Waals surface area contributed by atoms with Crippen LogP contribution in [0.15, 0.2) is 121 Å². The fourth-order valence-electron chi connectivity index (χ4n) is 5.96. The number of fused-ring (bicyclic) bond motifs is 9. The molecule has 0 aromatic heterocycles. The lowest BCUT2D eigenvalue weighted by molar-refractivity contribution is 0.752. The number of nitrogens with zero attached hydrogens (tertiary/aromatic N) is 1. The number of rotatable bonds is 1. The van der Waals surface area contributed by atoms with Crippen LogP contribution in [0.1, 0.15) is 22.3 Å². The fourth-order valence-corrected chi connectivity index (χ4v) is 6.22. The molecule has 1 nitrogen and oxygen atoms in total. The molecule has 1 heterocycles. The zero-order chi connectivity index (χ0) is 22.0. The van der Waals surface area contributed by atoms with E-state index in [0.717, 1.165) is 22.1 Å². The monoisotopic (exact) mass is 441 g/mol. The Kier molecular flexibility index (Phi) is 3.88. The molecule has 1 aliphatic carbocycles. The molecule has 2 aliphatic rings. The molecule has 5 aromatic carbocycles. The van der Waals surface area contributed by atoms with Gasteiger partial charge in [0.25, 0.3) is 0 Å². The standard InChI is InChI=1S/C31H20ClN/c32-28-19-10-18-27-30(28)33(21-11-2-1-3-12-21)29-20-9-8-17-26(29)31(27)24-15-6-4-13-22(24)23-14-5-7-16-25(23)31/h1-20H. The molecule has 0 bridgehead atoms. The molecule has 0 unspecified atom stereocenters. The molecule has 0 saturated heterocycles. The molecule has 2 heteroatoms. The minimum absolute atomic E-state index is 0.421. The molecular weight excluding hydrogens is 422 g/mol. The van der Waals surface area contributed by atoms with Gasteiger partial charge in [0, 0.05) is 5.69 Å². The molecule has 0 atom stereocenters. The van der Waals surface area contributed by atoms with Gasteiger partial charge in [-0.1, -0.05) is 109 Å². The van der Waals surface area contributed by atoms with E-state index in [-0.39, 0.29) is 0 Å². The van der Waals surface area contributed by atoms with Gasteiger partial charge in [-0.05, 0) is 57.6 Å². The number of hydrogen-bond donors (Lipinski definition) is 0. The Morgan fingerprint density at radius 1 is 0.485 bits per heavy atom. The average Bonchev–Trinajstić information content (AvgIpc) is 3.17. The highest BCUT2D eigenvalue weighted by Gasteiger charge is 2.51. The smallest absolute Gasteiger partial charge is 0.0754 e. The van der Waals surface area contributed by atoms with E-state index in [0.29, 0.717) is 0 Å². The number of anilines is 3. The van der Waals surface area contributed by atoms with Crippen molar-refractivity contribution < 1.29 is 0 Å². The van der Waals surface area contributed by atoms with Crippen molar-refractivity contribution in [2.75, 3.05) is 4.90 Å². The molecule has 5 aromatic rings. The van der Waals surface area contributed by atoms with Gasteiger partial charge >= 0.3 is 0 Å². The Hall–Kier alpha value is -3.81. The average molecular weight is 442 g/mol. The largest absolute Gasteiger partial charge is 0.308 e. The highest BCUT2D eigenvalue weighted by Crippen LogP contribution is 2.64. The quantitative estimate of drug-likeness (QED) is 0.247. The van der Waals surface area contributed by atoms with E-state index in [1.165, 1.54) is 33.4 Å². The minimum Gasteiger partial charge on any atom is -0.308 e. The predicted molar refractivity (Wildman–Crippen MR) is 137 cm³/mol. The third-order valence-electron chi connectivity index (χ3n) is 7.13. The lowest BCUT2D eigenvalue weighted by Gasteiger charge is -2.45. The van der Waals surface area contributed by atoms with E-state index in [2.05, 4.69) is 120 Å². The maximum Gasteiger partial charge on any atom is 0.0754 e. The van der Waals surface area contributed by atoms with Crippen LogP contribution in [0.3, 0.4) is 0 Å². The van der Waals surface area contributed by atoms with E-state index in [1.54, 1.807) is 0 Å². The summed E-state index contributed by atoms with van der Waals surface area (Å²) < 4.78 is 0. The normalized spacial score (nSPS) is 14.4. The third-order valence-corrected chi connectivity index (χ3v) is 7.44. The minimum atomic E-state index is -0.421. The van der Waals surface area contributed by atoms with Gasteiger partial charge in [0.05, 0.1) is 21.8 Å². The number of hydrogen-bond acceptors (Lipinski definition) is 1. The van der Waals surface area contributed by atoms with Gasteiger partial charge in [0.15, 0.2) is 0 Å². The van der Waals surface area contributed by atoms with E-state index < -0.39 is 5.41 Å². The zero-order valence-electron chi connectivity index (χ0n) is 17.9. The van der Waals surface area contributed by atoms with Crippen LogP contribution >= 0.6 is 11.6 Å². The molecule has 7 rings (SSSR count). The van der Waals surface area contributed by atoms with Crippen molar-refractivity contribution in [3.05, 3.63) is 149 Å². The third kappa shape index (κ3) is 2.33. The van der Waals surface area contributed by atoms with Gasteiger partial charge in [-0.3, -0.25) is 0 Å². The van der Waals surface area contributed by atoms with Crippen LogP contribution in [-0.4, -0.2) is 0 Å². The van der Waals surface area contributed by atoms with Gasteiger partial charge in [-0.2, -0.15) is 0 Å². The fraction of sp³-hybridized carbons (Fsp3) is 0.0323. The lowest BCUT2D eigenvalue weighted by Crippen LogP contribution is -2.36. The van der Waals surface area contributed by atoms with Crippen molar-refractivity contribution in [2.45, 2.75) is 5.41 Å². The first-order valence-electron chi connectivity index (χ1n) is 11.2. The van der Waals surface area contributed by atoms with Crippen LogP contribution in [-0.2, 0) is 5.41 Å². The lowest BCUT2D eigenvalue weighted by atomic mass is 9.64. The van der Waals surface area contributed by atoms with Crippen molar-refractivity contribution in [1.82, 2.24) is 0 Å². The number of para-hydroxylation sites is 3. The topological polar surface area (TPSA) is 3.24 Å². The molecule has 0 radical (unpaired) electrons. The van der Waals surface area contributed by atoms with Gasteiger partial charge in [-0.25, -0.2) is 0 Å². The summed E-state index contributed by atoms with van der Waals surface area (Å²) >= 11 is 7.03. The van der Waals surface area contributed by atoms with Crippen molar-refractivity contribution >= 4 is 28.7 Å². The predicted octanol–water partition coefficient (Wildman–Crippen LogP) is 8.49. The van der Waals surface area contributed by atoms with Crippen LogP contribution in [0.2, 0.25) is 5.02 Å². The zero-order valence-corrected chi connectivity index (χ0v) is 18.6. The summed E-state index contributed by atoms with van der Waals surface area (Å²) in [5.74, 6) is 0. The second kappa shape index (κ2) is 6.84. The van der Waals surface area contributed by atoms with Crippen LogP contribution in [0.4, 0.5) is 17.1 Å². The Bertz CT molecular complexity index is 1490. The van der Waals surface area contributed by atoms with Gasteiger partial charge in [0.2, 0.25) is 0 Å². The van der Waals surface area contributed by atoms with Crippen molar-refractivity contribution in [3.8, 4) is 11.1 Å². The van der Waals surface area contributed by atoms with E-state index in [9.17, 15) is 0 Å². The van der Waals surface area contributed by atoms with Crippen molar-refractivity contribution in [2.24, 2.45) is 0 Å². The summed E-state index contributed by atoms with van der Waals surface area (Å²) in [4.78, 5) is 2.32. The summed E-state index contributed by atoms with van der Waals surface area (Å²) in [6.45, 7) is 0. The van der Waals surface area contributed by atoms with Crippen LogP contribution < -0.4 is 4.90 Å². The Morgan fingerprint density at radius 3 is 1.73 bits per heavy atom. The van der Waals surface area contributed by atoms with E-state index >= 15 is 0 Å². The molecule has 0 fully saturated rings. The SMILES string of the molecule is Clc1cccc2c1N(c1ccccc1)c1ccccc1C21c2ccccc2-c2ccccc21. The number of benzene rings is 5. The first-order valence-corrected chi connectivity index (χ1v) is 11.6. The van der Waals surface area contributed by atoms with Crippen LogP contribution in [0.5, 0.6) is 0 Å². The summed E-state index contributed by atoms with van der Waals surface area (Å²) in [5.41, 5.74) is 10.6. The van der Waals surface area contributed by atoms with E-state index in [4.69, 9.17) is 11.6 Å². The second-order valence-corrected chi connectivity index (χ2v) is 9.07. The molecule has 156 valence electrons. The second-order valence-electron chi connectivity index (χ2n) is 8.67. The van der Waals surface area contributed by atoms with Crippen molar-refractivity contribution in [1.29, 1.82) is 0 Å². The summed E-state index contributed by atoms with van der Waals surface area (Å²) in [6.07, 6.45) is 0. The molecule has 1 aliphatic heterocycles. The number of halogens is 1. The molecule has 33 heavy (non-hydrogen) atoms. The summed E-state index contributed by atoms with van der Waals surface area (Å²) in [5, 5.41) is 0.757. The summed E-state index contributed by atoms with van der Waals surface area (Å²) in [7, 11) is 0. The van der Waals surface area contributed by atoms with E-state index in [1.807, 2.05) is 6.07 Å². The first kappa shape index (κ1) is 18.7. The Balaban J connectivity index is 1.69. The van der Waals surface area contributed by atoms with Gasteiger partial charge in [-0.15, -0.1) is 0 Å². The van der Waals surface area contributed by atoms with Gasteiger partial charge in [0.1, 0.15) is 0 Å². The summed E-state index contributed by atoms with van der Waals surface area (Å²) in [6, 6.07) is 43.3. The molecule has 0 amide bonds. The Labute approximate surface area is 198 Å². The van der Waals surface area contributed by atoms with Crippen LogP contribution in [0.25, 0.3) is 11.1 Å². The first-order chi connectivity index (χ1) is 16.3. The van der Waals surface area contributed by atoms with Gasteiger partial charge < -0.3 is 4.90 Å². The molecule has 0 N–H and O–H groups in total. The van der Waals surface area contributed by atoms with Crippen molar-refractivity contribution in [3.63, 3.8) is 0 Å². The highest BCUT2D eigenvalue weighted by atomic mass is 35.5. The molecule has 1 spiro atoms.